The first-order chi connectivity index (χ1) is 7.63. The van der Waals surface area contributed by atoms with E-state index >= 15 is 0 Å². The van der Waals surface area contributed by atoms with Crippen LogP contribution in [-0.2, 0) is 0 Å². The van der Waals surface area contributed by atoms with E-state index in [0.717, 1.165) is 19.6 Å². The largest absolute Gasteiger partial charge is 0.390 e. The predicted octanol–water partition coefficient (Wildman–Crippen LogP) is 1.47. The molecule has 1 aliphatic heterocycles. The zero-order chi connectivity index (χ0) is 12.0. The lowest BCUT2D eigenvalue weighted by molar-refractivity contribution is 0.103. The maximum Gasteiger partial charge on any atom is 0.0791 e. The lowest BCUT2D eigenvalue weighted by Gasteiger charge is -2.26. The second-order valence-corrected chi connectivity index (χ2v) is 5.41. The van der Waals surface area contributed by atoms with Gasteiger partial charge < -0.3 is 10.4 Å². The molecule has 3 nitrogen and oxygen atoms in total. The van der Waals surface area contributed by atoms with Crippen molar-refractivity contribution in [1.29, 1.82) is 0 Å². The summed E-state index contributed by atoms with van der Waals surface area (Å²) in [4.78, 5) is 2.45. The second-order valence-electron chi connectivity index (χ2n) is 5.41. The van der Waals surface area contributed by atoms with Gasteiger partial charge in [-0.05, 0) is 38.3 Å². The highest BCUT2D eigenvalue weighted by molar-refractivity contribution is 4.80. The van der Waals surface area contributed by atoms with Crippen LogP contribution in [-0.4, -0.2) is 48.3 Å². The first kappa shape index (κ1) is 13.9. The fourth-order valence-corrected chi connectivity index (χ4v) is 2.47. The molecule has 1 saturated heterocycles. The van der Waals surface area contributed by atoms with E-state index in [2.05, 4.69) is 31.0 Å². The molecule has 2 N–H and O–H groups in total. The topological polar surface area (TPSA) is 35.5 Å². The third kappa shape index (κ3) is 4.81. The molecular formula is C13H28N2O. The van der Waals surface area contributed by atoms with Crippen molar-refractivity contribution in [3.05, 3.63) is 0 Å². The van der Waals surface area contributed by atoms with Gasteiger partial charge in [-0.15, -0.1) is 0 Å². The van der Waals surface area contributed by atoms with E-state index in [1.54, 1.807) is 0 Å². The normalized spacial score (nSPS) is 24.2. The Morgan fingerprint density at radius 2 is 2.12 bits per heavy atom. The maximum atomic E-state index is 9.93. The van der Waals surface area contributed by atoms with Crippen molar-refractivity contribution in [2.45, 2.75) is 52.2 Å². The van der Waals surface area contributed by atoms with Gasteiger partial charge in [0, 0.05) is 19.1 Å². The molecule has 2 unspecified atom stereocenters. The summed E-state index contributed by atoms with van der Waals surface area (Å²) in [6, 6.07) is 0.708. The Bertz CT molecular complexity index is 185. The highest BCUT2D eigenvalue weighted by atomic mass is 16.3. The molecule has 0 aromatic rings. The van der Waals surface area contributed by atoms with Crippen LogP contribution in [0.15, 0.2) is 0 Å². The van der Waals surface area contributed by atoms with Crippen LogP contribution in [0.5, 0.6) is 0 Å². The fourth-order valence-electron chi connectivity index (χ4n) is 2.47. The Balaban J connectivity index is 2.15. The summed E-state index contributed by atoms with van der Waals surface area (Å²) in [5.41, 5.74) is 0. The van der Waals surface area contributed by atoms with Crippen molar-refractivity contribution in [3.63, 3.8) is 0 Å². The van der Waals surface area contributed by atoms with E-state index in [4.69, 9.17) is 0 Å². The highest BCUT2D eigenvalue weighted by Gasteiger charge is 2.24. The Kier molecular flexibility index (Phi) is 6.32. The molecule has 2 atom stereocenters. The summed E-state index contributed by atoms with van der Waals surface area (Å²) in [6.45, 7) is 10.3. The minimum absolute atomic E-state index is 0.217. The summed E-state index contributed by atoms with van der Waals surface area (Å²) in [7, 11) is 0. The zero-order valence-corrected chi connectivity index (χ0v) is 11.1. The number of nitrogens with zero attached hydrogens (tertiary/aromatic N) is 1. The number of aliphatic hydroxyl groups is 1. The molecule has 3 heteroatoms. The van der Waals surface area contributed by atoms with Gasteiger partial charge in [-0.2, -0.15) is 0 Å². The summed E-state index contributed by atoms with van der Waals surface area (Å²) in [5, 5.41) is 13.2. The van der Waals surface area contributed by atoms with E-state index in [1.165, 1.54) is 25.8 Å². The molecule has 1 rings (SSSR count). The van der Waals surface area contributed by atoms with Crippen molar-refractivity contribution in [2.24, 2.45) is 5.92 Å². The Hall–Kier alpha value is -0.120. The minimum atomic E-state index is -0.217. The zero-order valence-electron chi connectivity index (χ0n) is 11.1. The third-order valence-corrected chi connectivity index (χ3v) is 3.35. The van der Waals surface area contributed by atoms with Crippen molar-refractivity contribution >= 4 is 0 Å². The van der Waals surface area contributed by atoms with E-state index in [1.807, 2.05) is 0 Å². The Labute approximate surface area is 100 Å². The minimum Gasteiger partial charge on any atom is -0.390 e. The number of likely N-dealkylation sites (tertiary alicyclic amines) is 1. The molecule has 16 heavy (non-hydrogen) atoms. The second kappa shape index (κ2) is 7.25. The van der Waals surface area contributed by atoms with E-state index < -0.39 is 0 Å². The lowest BCUT2D eigenvalue weighted by Crippen LogP contribution is -2.41. The summed E-state index contributed by atoms with van der Waals surface area (Å²) in [5.74, 6) is 0.655. The average molecular weight is 228 g/mol. The van der Waals surface area contributed by atoms with Crippen molar-refractivity contribution in [3.8, 4) is 0 Å². The van der Waals surface area contributed by atoms with Crippen LogP contribution in [0, 0.1) is 5.92 Å². The van der Waals surface area contributed by atoms with Gasteiger partial charge >= 0.3 is 0 Å². The van der Waals surface area contributed by atoms with Crippen LogP contribution in [0.3, 0.4) is 0 Å². The Morgan fingerprint density at radius 1 is 1.38 bits per heavy atom. The van der Waals surface area contributed by atoms with Gasteiger partial charge in [0.2, 0.25) is 0 Å². The smallest absolute Gasteiger partial charge is 0.0791 e. The van der Waals surface area contributed by atoms with Crippen LogP contribution in [0.4, 0.5) is 0 Å². The predicted molar refractivity (Wildman–Crippen MR) is 68.6 cm³/mol. The number of aliphatic hydroxyl groups excluding tert-OH is 1. The number of nitrogens with one attached hydrogen (secondary N) is 1. The van der Waals surface area contributed by atoms with Gasteiger partial charge in [0.05, 0.1) is 6.10 Å². The van der Waals surface area contributed by atoms with Gasteiger partial charge in [0.25, 0.3) is 0 Å². The summed E-state index contributed by atoms with van der Waals surface area (Å²) in [6.07, 6.45) is 3.60. The van der Waals surface area contributed by atoms with Crippen LogP contribution in [0.1, 0.15) is 40.0 Å². The quantitative estimate of drug-likeness (QED) is 0.692. The molecule has 0 radical (unpaired) electrons. The molecule has 0 amide bonds. The highest BCUT2D eigenvalue weighted by Crippen LogP contribution is 2.19. The number of β-amino-alcohol motifs (C(OH)–C–C–N with tert-alkyl or cyclic N) is 1. The van der Waals surface area contributed by atoms with E-state index in [9.17, 15) is 5.11 Å². The standard InChI is InChI=1S/C13H28N2O/c1-4-12-6-5-7-15(12)10-13(16)9-14-8-11(2)3/h11-14,16H,4-10H2,1-3H3. The van der Waals surface area contributed by atoms with Crippen LogP contribution in [0.25, 0.3) is 0 Å². The average Bonchev–Trinajstić information content (AvgIpc) is 2.64. The van der Waals surface area contributed by atoms with Gasteiger partial charge in [-0.3, -0.25) is 4.90 Å². The van der Waals surface area contributed by atoms with Gasteiger partial charge in [-0.1, -0.05) is 20.8 Å². The maximum absolute atomic E-state index is 9.93. The van der Waals surface area contributed by atoms with Crippen molar-refractivity contribution in [2.75, 3.05) is 26.2 Å². The third-order valence-electron chi connectivity index (χ3n) is 3.35. The summed E-state index contributed by atoms with van der Waals surface area (Å²) >= 11 is 0. The number of hydrogen-bond donors (Lipinski definition) is 2. The lowest BCUT2D eigenvalue weighted by atomic mass is 10.1. The van der Waals surface area contributed by atoms with Gasteiger partial charge in [-0.25, -0.2) is 0 Å². The molecule has 1 aliphatic rings. The van der Waals surface area contributed by atoms with Crippen LogP contribution in [0.2, 0.25) is 0 Å². The molecule has 0 saturated carbocycles. The molecule has 0 aromatic heterocycles. The van der Waals surface area contributed by atoms with Gasteiger partial charge in [0.1, 0.15) is 0 Å². The SMILES string of the molecule is CCC1CCCN1CC(O)CNCC(C)C. The molecule has 1 heterocycles. The van der Waals surface area contributed by atoms with Crippen molar-refractivity contribution < 1.29 is 5.11 Å². The molecule has 0 spiro atoms. The Morgan fingerprint density at radius 3 is 2.75 bits per heavy atom. The number of hydrogen-bond acceptors (Lipinski definition) is 3. The first-order valence-corrected chi connectivity index (χ1v) is 6.76. The van der Waals surface area contributed by atoms with Gasteiger partial charge in [0.15, 0.2) is 0 Å². The molecule has 0 aromatic carbocycles. The van der Waals surface area contributed by atoms with Crippen LogP contribution >= 0.6 is 0 Å². The van der Waals surface area contributed by atoms with E-state index in [-0.39, 0.29) is 6.10 Å². The fraction of sp³-hybridized carbons (Fsp3) is 1.00. The van der Waals surface area contributed by atoms with Crippen molar-refractivity contribution in [1.82, 2.24) is 10.2 Å². The summed E-state index contributed by atoms with van der Waals surface area (Å²) < 4.78 is 0. The monoisotopic (exact) mass is 228 g/mol. The van der Waals surface area contributed by atoms with E-state index in [0.29, 0.717) is 12.0 Å². The molecular weight excluding hydrogens is 200 g/mol. The molecule has 0 aliphatic carbocycles. The van der Waals surface area contributed by atoms with Crippen LogP contribution < -0.4 is 5.32 Å². The first-order valence-electron chi connectivity index (χ1n) is 6.76. The molecule has 0 bridgehead atoms. The molecule has 96 valence electrons. The number of rotatable bonds is 7. The molecule has 1 fully saturated rings.